The first-order valence-electron chi connectivity index (χ1n) is 9.13. The monoisotopic (exact) mass is 383 g/mol. The highest BCUT2D eigenvalue weighted by Crippen LogP contribution is 2.21. The van der Waals surface area contributed by atoms with E-state index in [1.54, 1.807) is 19.4 Å². The molecule has 28 heavy (non-hydrogen) atoms. The Morgan fingerprint density at radius 1 is 1.21 bits per heavy atom. The van der Waals surface area contributed by atoms with E-state index in [9.17, 15) is 4.79 Å². The van der Waals surface area contributed by atoms with Crippen LogP contribution in [0.25, 0.3) is 11.5 Å². The van der Waals surface area contributed by atoms with Crippen molar-refractivity contribution in [2.24, 2.45) is 0 Å². The lowest BCUT2D eigenvalue weighted by atomic mass is 10.1. The molecule has 0 aliphatic carbocycles. The third-order valence-electron chi connectivity index (χ3n) is 4.57. The second kappa shape index (κ2) is 9.34. The SMILES string of the molecule is COCCN(CC(=O)Nc1cccc(C)c1C)Cc1cc(-c2ccco2)on1. The van der Waals surface area contributed by atoms with Gasteiger partial charge in [0.15, 0.2) is 5.76 Å². The molecule has 0 radical (unpaired) electrons. The topological polar surface area (TPSA) is 80.7 Å². The van der Waals surface area contributed by atoms with Crippen molar-refractivity contribution in [1.82, 2.24) is 10.1 Å². The summed E-state index contributed by atoms with van der Waals surface area (Å²) in [5, 5.41) is 7.08. The standard InChI is InChI=1S/C21H25N3O4/c1-15-6-4-7-18(16(15)2)22-21(25)14-24(9-11-26-3)13-17-12-20(28-23-17)19-8-5-10-27-19/h4-8,10,12H,9,11,13-14H2,1-3H3,(H,22,25). The molecule has 0 aliphatic rings. The minimum absolute atomic E-state index is 0.0837. The summed E-state index contributed by atoms with van der Waals surface area (Å²) in [6, 6.07) is 11.3. The lowest BCUT2D eigenvalue weighted by molar-refractivity contribution is -0.117. The van der Waals surface area contributed by atoms with Gasteiger partial charge < -0.3 is 19.0 Å². The Labute approximate surface area is 164 Å². The minimum Gasteiger partial charge on any atom is -0.461 e. The fraction of sp³-hybridized carbons (Fsp3) is 0.333. The van der Waals surface area contributed by atoms with Gasteiger partial charge >= 0.3 is 0 Å². The van der Waals surface area contributed by atoms with E-state index in [4.69, 9.17) is 13.7 Å². The van der Waals surface area contributed by atoms with Crippen molar-refractivity contribution in [1.29, 1.82) is 0 Å². The number of ether oxygens (including phenoxy) is 1. The van der Waals surface area contributed by atoms with Gasteiger partial charge in [0.05, 0.1) is 25.1 Å². The summed E-state index contributed by atoms with van der Waals surface area (Å²) in [4.78, 5) is 14.5. The molecule has 0 bridgehead atoms. The predicted octanol–water partition coefficient (Wildman–Crippen LogP) is 3.64. The van der Waals surface area contributed by atoms with Crippen molar-refractivity contribution < 1.29 is 18.5 Å². The molecule has 1 N–H and O–H groups in total. The van der Waals surface area contributed by atoms with Crippen LogP contribution in [0.3, 0.4) is 0 Å². The normalized spacial score (nSPS) is 11.1. The molecule has 2 aromatic heterocycles. The number of furan rings is 1. The van der Waals surface area contributed by atoms with Crippen molar-refractivity contribution in [3.8, 4) is 11.5 Å². The molecule has 0 saturated carbocycles. The Kier molecular flexibility index (Phi) is 6.62. The molecular formula is C21H25N3O4. The molecule has 148 valence electrons. The molecule has 1 amide bonds. The first kappa shape index (κ1) is 19.9. The number of aromatic nitrogens is 1. The minimum atomic E-state index is -0.0837. The van der Waals surface area contributed by atoms with Gasteiger partial charge in [0.2, 0.25) is 11.7 Å². The van der Waals surface area contributed by atoms with Gasteiger partial charge in [0.25, 0.3) is 0 Å². The van der Waals surface area contributed by atoms with E-state index < -0.39 is 0 Å². The van der Waals surface area contributed by atoms with Crippen LogP contribution in [-0.2, 0) is 16.1 Å². The lowest BCUT2D eigenvalue weighted by Gasteiger charge is -2.20. The molecule has 7 heteroatoms. The number of anilines is 1. The summed E-state index contributed by atoms with van der Waals surface area (Å²) < 4.78 is 15.8. The lowest BCUT2D eigenvalue weighted by Crippen LogP contribution is -2.35. The number of aryl methyl sites for hydroxylation is 1. The zero-order valence-corrected chi connectivity index (χ0v) is 16.4. The van der Waals surface area contributed by atoms with Gasteiger partial charge in [0, 0.05) is 32.0 Å². The molecular weight excluding hydrogens is 358 g/mol. The summed E-state index contributed by atoms with van der Waals surface area (Å²) in [5.41, 5.74) is 3.77. The highest BCUT2D eigenvalue weighted by Gasteiger charge is 2.16. The van der Waals surface area contributed by atoms with E-state index in [1.807, 2.05) is 49.1 Å². The van der Waals surface area contributed by atoms with E-state index in [1.165, 1.54) is 0 Å². The van der Waals surface area contributed by atoms with Gasteiger partial charge in [-0.15, -0.1) is 0 Å². The summed E-state index contributed by atoms with van der Waals surface area (Å²) in [6.45, 7) is 5.82. The van der Waals surface area contributed by atoms with Crippen molar-refractivity contribution in [3.63, 3.8) is 0 Å². The highest BCUT2D eigenvalue weighted by atomic mass is 16.5. The average molecular weight is 383 g/mol. The van der Waals surface area contributed by atoms with Gasteiger partial charge in [0.1, 0.15) is 0 Å². The Balaban J connectivity index is 1.64. The van der Waals surface area contributed by atoms with Crippen molar-refractivity contribution in [3.05, 3.63) is 59.5 Å². The summed E-state index contributed by atoms with van der Waals surface area (Å²) in [6.07, 6.45) is 1.58. The molecule has 0 aliphatic heterocycles. The molecule has 1 aromatic carbocycles. The number of hydrogen-bond acceptors (Lipinski definition) is 6. The maximum atomic E-state index is 12.6. The molecule has 0 spiro atoms. The van der Waals surface area contributed by atoms with Crippen LogP contribution < -0.4 is 5.32 Å². The Morgan fingerprint density at radius 3 is 2.82 bits per heavy atom. The molecule has 3 rings (SSSR count). The predicted molar refractivity (Wildman–Crippen MR) is 106 cm³/mol. The van der Waals surface area contributed by atoms with E-state index >= 15 is 0 Å². The van der Waals surface area contributed by atoms with E-state index in [0.29, 0.717) is 31.2 Å². The van der Waals surface area contributed by atoms with Crippen LogP contribution in [0.15, 0.2) is 51.6 Å². The van der Waals surface area contributed by atoms with Crippen LogP contribution in [0.5, 0.6) is 0 Å². The van der Waals surface area contributed by atoms with Crippen LogP contribution in [0.2, 0.25) is 0 Å². The van der Waals surface area contributed by atoms with Crippen LogP contribution in [0, 0.1) is 13.8 Å². The van der Waals surface area contributed by atoms with Crippen molar-refractivity contribution in [2.45, 2.75) is 20.4 Å². The van der Waals surface area contributed by atoms with E-state index in [2.05, 4.69) is 10.5 Å². The number of hydrogen-bond donors (Lipinski definition) is 1. The highest BCUT2D eigenvalue weighted by molar-refractivity contribution is 5.93. The van der Waals surface area contributed by atoms with Crippen LogP contribution in [0.4, 0.5) is 5.69 Å². The quantitative estimate of drug-likeness (QED) is 0.608. The molecule has 0 fully saturated rings. The molecule has 0 atom stereocenters. The van der Waals surface area contributed by atoms with E-state index in [-0.39, 0.29) is 12.5 Å². The number of carbonyl (C=O) groups excluding carboxylic acids is 1. The average Bonchev–Trinajstić information content (AvgIpc) is 3.35. The number of benzene rings is 1. The fourth-order valence-electron chi connectivity index (χ4n) is 2.86. The third kappa shape index (κ3) is 5.09. The van der Waals surface area contributed by atoms with Gasteiger partial charge in [-0.2, -0.15) is 0 Å². The van der Waals surface area contributed by atoms with Gasteiger partial charge in [-0.25, -0.2) is 0 Å². The number of nitrogens with one attached hydrogen (secondary N) is 1. The summed E-state index contributed by atoms with van der Waals surface area (Å²) in [7, 11) is 1.64. The second-order valence-corrected chi connectivity index (χ2v) is 6.66. The zero-order chi connectivity index (χ0) is 19.9. The van der Waals surface area contributed by atoms with Crippen LogP contribution >= 0.6 is 0 Å². The smallest absolute Gasteiger partial charge is 0.238 e. The van der Waals surface area contributed by atoms with Gasteiger partial charge in [-0.1, -0.05) is 17.3 Å². The van der Waals surface area contributed by atoms with E-state index in [0.717, 1.165) is 22.5 Å². The molecule has 2 heterocycles. The first-order chi connectivity index (χ1) is 13.6. The maximum absolute atomic E-state index is 12.6. The zero-order valence-electron chi connectivity index (χ0n) is 16.4. The molecule has 0 unspecified atom stereocenters. The number of rotatable bonds is 9. The largest absolute Gasteiger partial charge is 0.461 e. The number of methoxy groups -OCH3 is 1. The van der Waals surface area contributed by atoms with Gasteiger partial charge in [-0.05, 0) is 43.2 Å². The van der Waals surface area contributed by atoms with Crippen LogP contribution in [0.1, 0.15) is 16.8 Å². The van der Waals surface area contributed by atoms with Crippen molar-refractivity contribution >= 4 is 11.6 Å². The maximum Gasteiger partial charge on any atom is 0.238 e. The van der Waals surface area contributed by atoms with Crippen molar-refractivity contribution in [2.75, 3.05) is 32.1 Å². The first-order valence-corrected chi connectivity index (χ1v) is 9.13. The Morgan fingerprint density at radius 2 is 2.07 bits per heavy atom. The molecule has 0 saturated heterocycles. The Bertz CT molecular complexity index is 902. The number of carbonyl (C=O) groups is 1. The second-order valence-electron chi connectivity index (χ2n) is 6.66. The summed E-state index contributed by atoms with van der Waals surface area (Å²) >= 11 is 0. The molecule has 7 nitrogen and oxygen atoms in total. The number of nitrogens with zero attached hydrogens (tertiary/aromatic N) is 2. The van der Waals surface area contributed by atoms with Crippen LogP contribution in [-0.4, -0.2) is 42.8 Å². The number of amides is 1. The Hall–Kier alpha value is -2.90. The van der Waals surface area contributed by atoms with Gasteiger partial charge in [-0.3, -0.25) is 9.69 Å². The summed E-state index contributed by atoms with van der Waals surface area (Å²) in [5.74, 6) is 1.10. The molecule has 3 aromatic rings. The fourth-order valence-corrected chi connectivity index (χ4v) is 2.86. The third-order valence-corrected chi connectivity index (χ3v) is 4.57.